The van der Waals surface area contributed by atoms with Crippen molar-refractivity contribution in [2.24, 2.45) is 5.73 Å². The maximum absolute atomic E-state index is 14.2. The van der Waals surface area contributed by atoms with Crippen LogP contribution in [0.3, 0.4) is 0 Å². The van der Waals surface area contributed by atoms with Gasteiger partial charge in [0.15, 0.2) is 0 Å². The van der Waals surface area contributed by atoms with Gasteiger partial charge in [-0.3, -0.25) is 0 Å². The molecule has 4 heteroatoms. The maximum Gasteiger partial charge on any atom is 0.146 e. The van der Waals surface area contributed by atoms with Crippen LogP contribution in [0.25, 0.3) is 0 Å². The SMILES string of the molecule is NCc1ccc(N(Cc2ccco2)C2CC2)c(F)c1. The van der Waals surface area contributed by atoms with E-state index in [4.69, 9.17) is 10.2 Å². The molecule has 2 aromatic rings. The van der Waals surface area contributed by atoms with Gasteiger partial charge in [-0.15, -0.1) is 0 Å². The van der Waals surface area contributed by atoms with Gasteiger partial charge in [-0.05, 0) is 42.7 Å². The van der Waals surface area contributed by atoms with Crippen molar-refractivity contribution < 1.29 is 8.81 Å². The number of hydrogen-bond acceptors (Lipinski definition) is 3. The zero-order chi connectivity index (χ0) is 13.2. The van der Waals surface area contributed by atoms with E-state index in [0.717, 1.165) is 24.2 Å². The second kappa shape index (κ2) is 5.05. The molecule has 0 radical (unpaired) electrons. The second-order valence-corrected chi connectivity index (χ2v) is 4.93. The molecule has 0 spiro atoms. The minimum absolute atomic E-state index is 0.207. The van der Waals surface area contributed by atoms with Gasteiger partial charge in [0.2, 0.25) is 0 Å². The van der Waals surface area contributed by atoms with E-state index in [-0.39, 0.29) is 5.82 Å². The molecule has 1 saturated carbocycles. The lowest BCUT2D eigenvalue weighted by Gasteiger charge is -2.24. The molecule has 1 aliphatic rings. The predicted octanol–water partition coefficient (Wildman–Crippen LogP) is 3.05. The summed E-state index contributed by atoms with van der Waals surface area (Å²) in [5.74, 6) is 0.649. The van der Waals surface area contributed by atoms with Crippen LogP contribution in [0.4, 0.5) is 10.1 Å². The van der Waals surface area contributed by atoms with E-state index in [1.807, 2.05) is 24.3 Å². The highest BCUT2D eigenvalue weighted by molar-refractivity contribution is 5.51. The van der Waals surface area contributed by atoms with E-state index in [0.29, 0.717) is 24.8 Å². The standard InChI is InChI=1S/C15H17FN2O/c16-14-8-11(9-17)3-6-15(14)18(12-4-5-12)10-13-2-1-7-19-13/h1-3,6-8,12H,4-5,9-10,17H2. The molecule has 0 aliphatic heterocycles. The summed E-state index contributed by atoms with van der Waals surface area (Å²) >= 11 is 0. The summed E-state index contributed by atoms with van der Waals surface area (Å²) in [6, 6.07) is 9.42. The predicted molar refractivity (Wildman–Crippen MR) is 72.2 cm³/mol. The zero-order valence-electron chi connectivity index (χ0n) is 10.7. The second-order valence-electron chi connectivity index (χ2n) is 4.93. The Balaban J connectivity index is 1.87. The van der Waals surface area contributed by atoms with E-state index in [1.165, 1.54) is 6.07 Å². The third kappa shape index (κ3) is 2.63. The molecule has 19 heavy (non-hydrogen) atoms. The lowest BCUT2D eigenvalue weighted by Crippen LogP contribution is -2.25. The fourth-order valence-corrected chi connectivity index (χ4v) is 2.28. The van der Waals surface area contributed by atoms with Crippen LogP contribution in [0.2, 0.25) is 0 Å². The molecule has 0 bridgehead atoms. The number of halogens is 1. The van der Waals surface area contributed by atoms with Crippen molar-refractivity contribution in [2.45, 2.75) is 32.0 Å². The van der Waals surface area contributed by atoms with Gasteiger partial charge in [0.1, 0.15) is 11.6 Å². The third-order valence-electron chi connectivity index (χ3n) is 3.45. The topological polar surface area (TPSA) is 42.4 Å². The van der Waals surface area contributed by atoms with Gasteiger partial charge in [-0.2, -0.15) is 0 Å². The summed E-state index contributed by atoms with van der Waals surface area (Å²) in [7, 11) is 0. The number of nitrogens with two attached hydrogens (primary N) is 1. The summed E-state index contributed by atoms with van der Waals surface area (Å²) < 4.78 is 19.5. The first-order valence-corrected chi connectivity index (χ1v) is 6.55. The maximum atomic E-state index is 14.2. The normalized spacial score (nSPS) is 14.6. The molecule has 1 aromatic carbocycles. The molecular formula is C15H17FN2O. The van der Waals surface area contributed by atoms with Gasteiger partial charge in [0, 0.05) is 12.6 Å². The van der Waals surface area contributed by atoms with Crippen molar-refractivity contribution in [3.8, 4) is 0 Å². The number of benzene rings is 1. The Kier molecular flexibility index (Phi) is 3.25. The molecule has 3 rings (SSSR count). The van der Waals surface area contributed by atoms with Crippen LogP contribution in [0, 0.1) is 5.82 Å². The van der Waals surface area contributed by atoms with Gasteiger partial charge < -0.3 is 15.1 Å². The molecule has 0 atom stereocenters. The Morgan fingerprint density at radius 3 is 2.74 bits per heavy atom. The van der Waals surface area contributed by atoms with Crippen LogP contribution in [0.5, 0.6) is 0 Å². The number of anilines is 1. The minimum Gasteiger partial charge on any atom is -0.467 e. The zero-order valence-corrected chi connectivity index (χ0v) is 10.7. The van der Waals surface area contributed by atoms with Crippen LogP contribution in [-0.4, -0.2) is 6.04 Å². The van der Waals surface area contributed by atoms with Crippen LogP contribution in [0.1, 0.15) is 24.2 Å². The van der Waals surface area contributed by atoms with Crippen molar-refractivity contribution in [1.29, 1.82) is 0 Å². The molecule has 0 unspecified atom stereocenters. The number of nitrogens with zero attached hydrogens (tertiary/aromatic N) is 1. The smallest absolute Gasteiger partial charge is 0.146 e. The van der Waals surface area contributed by atoms with Crippen molar-refractivity contribution in [2.75, 3.05) is 4.90 Å². The summed E-state index contributed by atoms with van der Waals surface area (Å²) in [4.78, 5) is 2.08. The fraction of sp³-hybridized carbons (Fsp3) is 0.333. The van der Waals surface area contributed by atoms with Gasteiger partial charge in [-0.25, -0.2) is 4.39 Å². The number of hydrogen-bond donors (Lipinski definition) is 1. The molecule has 1 aliphatic carbocycles. The molecule has 1 fully saturated rings. The lowest BCUT2D eigenvalue weighted by molar-refractivity contribution is 0.498. The first-order valence-electron chi connectivity index (χ1n) is 6.55. The van der Waals surface area contributed by atoms with Crippen LogP contribution < -0.4 is 10.6 Å². The quantitative estimate of drug-likeness (QED) is 0.898. The molecule has 0 saturated heterocycles. The van der Waals surface area contributed by atoms with Crippen molar-refractivity contribution >= 4 is 5.69 Å². The van der Waals surface area contributed by atoms with Crippen LogP contribution in [-0.2, 0) is 13.1 Å². The molecule has 1 heterocycles. The lowest BCUT2D eigenvalue weighted by atomic mass is 10.1. The highest BCUT2D eigenvalue weighted by Crippen LogP contribution is 2.34. The highest BCUT2D eigenvalue weighted by atomic mass is 19.1. The molecule has 100 valence electrons. The van der Waals surface area contributed by atoms with Crippen molar-refractivity contribution in [1.82, 2.24) is 0 Å². The van der Waals surface area contributed by atoms with Gasteiger partial charge in [-0.1, -0.05) is 6.07 Å². The monoisotopic (exact) mass is 260 g/mol. The van der Waals surface area contributed by atoms with Crippen molar-refractivity contribution in [3.05, 3.63) is 53.7 Å². The first-order chi connectivity index (χ1) is 9.28. The minimum atomic E-state index is -0.207. The largest absolute Gasteiger partial charge is 0.467 e. The Morgan fingerprint density at radius 2 is 2.16 bits per heavy atom. The van der Waals surface area contributed by atoms with Gasteiger partial charge >= 0.3 is 0 Å². The van der Waals surface area contributed by atoms with Crippen molar-refractivity contribution in [3.63, 3.8) is 0 Å². The number of furan rings is 1. The van der Waals surface area contributed by atoms with E-state index in [2.05, 4.69) is 4.90 Å². The Hall–Kier alpha value is -1.81. The Morgan fingerprint density at radius 1 is 1.32 bits per heavy atom. The molecule has 2 N–H and O–H groups in total. The summed E-state index contributed by atoms with van der Waals surface area (Å²) in [5.41, 5.74) is 6.98. The average Bonchev–Trinajstić information content (AvgIpc) is 3.14. The third-order valence-corrected chi connectivity index (χ3v) is 3.45. The Labute approximate surface area is 111 Å². The summed E-state index contributed by atoms with van der Waals surface area (Å²) in [6.45, 7) is 0.968. The summed E-state index contributed by atoms with van der Waals surface area (Å²) in [6.07, 6.45) is 3.87. The molecule has 1 aromatic heterocycles. The van der Waals surface area contributed by atoms with Crippen LogP contribution in [0.15, 0.2) is 41.0 Å². The van der Waals surface area contributed by atoms with Gasteiger partial charge in [0.25, 0.3) is 0 Å². The average molecular weight is 260 g/mol. The highest BCUT2D eigenvalue weighted by Gasteiger charge is 2.31. The van der Waals surface area contributed by atoms with E-state index < -0.39 is 0 Å². The van der Waals surface area contributed by atoms with E-state index in [1.54, 1.807) is 6.26 Å². The van der Waals surface area contributed by atoms with E-state index in [9.17, 15) is 4.39 Å². The molecule has 3 nitrogen and oxygen atoms in total. The summed E-state index contributed by atoms with van der Waals surface area (Å²) in [5, 5.41) is 0. The fourth-order valence-electron chi connectivity index (χ4n) is 2.28. The van der Waals surface area contributed by atoms with E-state index >= 15 is 0 Å². The first kappa shape index (κ1) is 12.2. The molecular weight excluding hydrogens is 243 g/mol. The Bertz CT molecular complexity index is 549. The van der Waals surface area contributed by atoms with Crippen LogP contribution >= 0.6 is 0 Å². The number of rotatable bonds is 5. The molecule has 0 amide bonds. The van der Waals surface area contributed by atoms with Gasteiger partial charge in [0.05, 0.1) is 18.5 Å².